The Morgan fingerprint density at radius 1 is 1.33 bits per heavy atom. The Balaban J connectivity index is 0.000000148. The minimum absolute atomic E-state index is 1.62. The van der Waals surface area contributed by atoms with Crippen LogP contribution < -0.4 is 0 Å². The molecule has 52 valence electrons. The summed E-state index contributed by atoms with van der Waals surface area (Å²) in [5.74, 6) is 0. The van der Waals surface area contributed by atoms with Gasteiger partial charge in [0.15, 0.2) is 0 Å². The largest absolute Gasteiger partial charge is 0.351 e. The van der Waals surface area contributed by atoms with Gasteiger partial charge >= 0.3 is 0 Å². The maximum absolute atomic E-state index is 3.67. The molecule has 0 aliphatic rings. The Kier molecular flexibility index (Phi) is 7.83. The molecule has 1 rings (SSSR count). The molecule has 0 fully saturated rings. The van der Waals surface area contributed by atoms with Gasteiger partial charge in [-0.05, 0) is 12.5 Å². The molecule has 0 radical (unpaired) electrons. The lowest BCUT2D eigenvalue weighted by molar-refractivity contribution is 1.31. The monoisotopic (exact) mass is 162 g/mol. The Labute approximate surface area is 63.2 Å². The fraction of sp³-hybridized carbons (Fsp3) is 0.400. The van der Waals surface area contributed by atoms with Gasteiger partial charge in [0.2, 0.25) is 0 Å². The number of hydrogen-bond donors (Lipinski definition) is 1. The molecule has 0 saturated heterocycles. The van der Waals surface area contributed by atoms with Gasteiger partial charge in [0, 0.05) is 12.4 Å². The van der Waals surface area contributed by atoms with Gasteiger partial charge in [-0.1, -0.05) is 21.6 Å². The molecule has 0 unspecified atom stereocenters. The first-order valence-corrected chi connectivity index (χ1v) is 5.38. The maximum atomic E-state index is 3.67. The van der Waals surface area contributed by atoms with Crippen molar-refractivity contribution in [3.63, 3.8) is 0 Å². The van der Waals surface area contributed by atoms with Crippen LogP contribution in [0.25, 0.3) is 0 Å². The number of rotatable bonds is 1. The first-order chi connectivity index (χ1) is 4.41. The van der Waals surface area contributed by atoms with Crippen molar-refractivity contribution in [1.82, 2.24) is 9.97 Å². The van der Waals surface area contributed by atoms with Crippen LogP contribution in [-0.4, -0.2) is 22.5 Å². The van der Waals surface area contributed by atoms with Crippen LogP contribution in [0.4, 0.5) is 0 Å². The van der Waals surface area contributed by atoms with Gasteiger partial charge in [-0.3, -0.25) is 0 Å². The molecule has 9 heavy (non-hydrogen) atoms. The summed E-state index contributed by atoms with van der Waals surface area (Å²) in [7, 11) is 3.55. The lowest BCUT2D eigenvalue weighted by atomic mass is 11.0. The fourth-order valence-corrected chi connectivity index (χ4v) is 0.215. The lowest BCUT2D eigenvalue weighted by Crippen LogP contribution is -1.44. The molecule has 1 heterocycles. The number of nitrogens with one attached hydrogen (secondary N) is 1. The number of nitrogens with zero attached hydrogens (tertiary/aromatic N) is 1. The third-order valence-electron chi connectivity index (χ3n) is 0.573. The molecule has 0 amide bonds. The quantitative estimate of drug-likeness (QED) is 0.641. The summed E-state index contributed by atoms with van der Waals surface area (Å²) in [5.41, 5.74) is 0. The molecule has 0 aromatic carbocycles. The molecular weight excluding hydrogens is 152 g/mol. The highest BCUT2D eigenvalue weighted by molar-refractivity contribution is 8.76. The first kappa shape index (κ1) is 8.91. The lowest BCUT2D eigenvalue weighted by Gasteiger charge is -1.69. The Hall–Kier alpha value is -0.0900. The summed E-state index contributed by atoms with van der Waals surface area (Å²) in [5, 5.41) is 0. The van der Waals surface area contributed by atoms with Gasteiger partial charge in [0.05, 0.1) is 6.33 Å². The highest BCUT2D eigenvalue weighted by Crippen LogP contribution is 2.09. The average Bonchev–Trinajstić information content (AvgIpc) is 2.43. The van der Waals surface area contributed by atoms with E-state index in [4.69, 9.17) is 0 Å². The van der Waals surface area contributed by atoms with Crippen LogP contribution in [0.2, 0.25) is 0 Å². The highest BCUT2D eigenvalue weighted by atomic mass is 33.1. The zero-order valence-corrected chi connectivity index (χ0v) is 7.13. The second-order valence-electron chi connectivity index (χ2n) is 1.09. The SMILES string of the molecule is CSSC.c1c[nH]cn1. The molecule has 0 atom stereocenters. The second-order valence-corrected chi connectivity index (χ2v) is 3.76. The summed E-state index contributed by atoms with van der Waals surface area (Å²) in [6, 6.07) is 0. The van der Waals surface area contributed by atoms with Crippen LogP contribution in [0.1, 0.15) is 0 Å². The van der Waals surface area contributed by atoms with Crippen molar-refractivity contribution in [3.8, 4) is 0 Å². The predicted octanol–water partition coefficient (Wildman–Crippen LogP) is 2.04. The molecule has 0 bridgehead atoms. The summed E-state index contributed by atoms with van der Waals surface area (Å²) < 4.78 is 0. The molecule has 0 saturated carbocycles. The van der Waals surface area contributed by atoms with Crippen molar-refractivity contribution < 1.29 is 0 Å². The number of aromatic nitrogens is 2. The molecule has 0 aliphatic carbocycles. The normalized spacial score (nSPS) is 7.78. The summed E-state index contributed by atoms with van der Waals surface area (Å²) >= 11 is 0. The van der Waals surface area contributed by atoms with E-state index in [2.05, 4.69) is 22.5 Å². The van der Waals surface area contributed by atoms with Crippen molar-refractivity contribution in [3.05, 3.63) is 18.7 Å². The van der Waals surface area contributed by atoms with Crippen molar-refractivity contribution in [2.24, 2.45) is 0 Å². The third-order valence-corrected chi connectivity index (χ3v) is 1.91. The standard InChI is InChI=1S/C3H4N2.C2H6S2/c1-2-5-3-4-1;1-3-4-2/h1-3H,(H,4,5);1-2H3. The van der Waals surface area contributed by atoms with Crippen molar-refractivity contribution in [1.29, 1.82) is 0 Å². The van der Waals surface area contributed by atoms with Gasteiger partial charge < -0.3 is 4.98 Å². The first-order valence-electron chi connectivity index (χ1n) is 2.41. The van der Waals surface area contributed by atoms with Crippen LogP contribution in [0.5, 0.6) is 0 Å². The van der Waals surface area contributed by atoms with Crippen LogP contribution in [0, 0.1) is 0 Å². The van der Waals surface area contributed by atoms with E-state index in [9.17, 15) is 0 Å². The zero-order chi connectivity index (χ0) is 6.95. The van der Waals surface area contributed by atoms with E-state index < -0.39 is 0 Å². The summed E-state index contributed by atoms with van der Waals surface area (Å²) in [4.78, 5) is 6.42. The Bertz CT molecular complexity index is 88.5. The van der Waals surface area contributed by atoms with E-state index in [1.54, 1.807) is 40.3 Å². The number of imidazole rings is 1. The van der Waals surface area contributed by atoms with Gasteiger partial charge in [-0.15, -0.1) is 0 Å². The Morgan fingerprint density at radius 3 is 2.11 bits per heavy atom. The van der Waals surface area contributed by atoms with E-state index in [-0.39, 0.29) is 0 Å². The van der Waals surface area contributed by atoms with Crippen LogP contribution in [0.3, 0.4) is 0 Å². The van der Waals surface area contributed by atoms with Gasteiger partial charge in [0.25, 0.3) is 0 Å². The summed E-state index contributed by atoms with van der Waals surface area (Å²) in [6.07, 6.45) is 9.20. The molecule has 4 heteroatoms. The van der Waals surface area contributed by atoms with Crippen LogP contribution in [-0.2, 0) is 0 Å². The smallest absolute Gasteiger partial charge is 0.0919 e. The van der Waals surface area contributed by atoms with Crippen molar-refractivity contribution in [2.75, 3.05) is 12.5 Å². The summed E-state index contributed by atoms with van der Waals surface area (Å²) in [6.45, 7) is 0. The van der Waals surface area contributed by atoms with E-state index in [1.165, 1.54) is 0 Å². The van der Waals surface area contributed by atoms with Gasteiger partial charge in [-0.25, -0.2) is 4.98 Å². The molecule has 0 spiro atoms. The zero-order valence-electron chi connectivity index (χ0n) is 5.50. The predicted molar refractivity (Wildman–Crippen MR) is 45.6 cm³/mol. The van der Waals surface area contributed by atoms with Crippen molar-refractivity contribution in [2.45, 2.75) is 0 Å². The van der Waals surface area contributed by atoms with Crippen LogP contribution in [0.15, 0.2) is 18.7 Å². The topological polar surface area (TPSA) is 28.7 Å². The minimum atomic E-state index is 1.62. The molecule has 0 aliphatic heterocycles. The van der Waals surface area contributed by atoms with Gasteiger partial charge in [-0.2, -0.15) is 0 Å². The molecule has 1 aromatic heterocycles. The fourth-order valence-electron chi connectivity index (χ4n) is 0.215. The van der Waals surface area contributed by atoms with Crippen molar-refractivity contribution >= 4 is 21.6 Å². The van der Waals surface area contributed by atoms with E-state index >= 15 is 0 Å². The molecule has 2 nitrogen and oxygen atoms in total. The van der Waals surface area contributed by atoms with Crippen LogP contribution >= 0.6 is 21.6 Å². The minimum Gasteiger partial charge on any atom is -0.351 e. The number of aromatic amines is 1. The van der Waals surface area contributed by atoms with E-state index in [1.807, 2.05) is 0 Å². The average molecular weight is 162 g/mol. The highest BCUT2D eigenvalue weighted by Gasteiger charge is 1.56. The number of H-pyrrole nitrogens is 1. The molecular formula is C5H10N2S2. The second kappa shape index (κ2) is 7.91. The Morgan fingerprint density at radius 2 is 2.00 bits per heavy atom. The third kappa shape index (κ3) is 7.91. The van der Waals surface area contributed by atoms with E-state index in [0.717, 1.165) is 0 Å². The van der Waals surface area contributed by atoms with E-state index in [0.29, 0.717) is 0 Å². The van der Waals surface area contributed by atoms with Gasteiger partial charge in [0.1, 0.15) is 0 Å². The number of hydrogen-bond acceptors (Lipinski definition) is 3. The molecule has 1 N–H and O–H groups in total. The molecule has 1 aromatic rings. The maximum Gasteiger partial charge on any atom is 0.0919 e.